The summed E-state index contributed by atoms with van der Waals surface area (Å²) in [7, 11) is 0. The number of carbonyl (C=O) groups is 16. The summed E-state index contributed by atoms with van der Waals surface area (Å²) in [4.78, 5) is 230. The molecule has 0 bridgehead atoms. The van der Waals surface area contributed by atoms with E-state index in [2.05, 4.69) is 79.1 Å². The number of aromatic amines is 2. The number of primary amides is 1. The standard InChI is InChI=1S/C85H116N16O22/c1-42(2)33-60(76(114)92-61(34-43(3)4)77(115)95-65(81(119)99-69(44(5)6)73(86)111)38-52-40-88-57-24-18-16-22-55(52)57)93-78(116)62(36-50-25-27-53(106)28-26-50)94-75(113)59(30-32-68(109)110)90-74(112)58(29-31-67(107)108)91-79(117)64(37-51-39-87-56-23-17-15-21-54(51)56)96-82(120)66(41-102)98-84(122)72(47(10)104)101-80(118)63(35-49-19-13-12-14-20-49)97-83(121)70(45(7)8)100-85(123)71(46(9)103)89-48(11)105/h12-28,39-40,42-47,58-66,69-72,87-88,102-104,106H,29-38,41H2,1-11H3,(H2,86,111)(H,89,105)(H,90,112)(H,91,117)(H,92,114)(H,93,116)(H,94,113)(H,95,115)(H,96,120)(H,97,121)(H,98,122)(H,99,119)(H,100,123)(H,101,118)(H,107,108)(H,109,110)/t46-,47-,58+,59+,60+,61+,62+,63+,64+,65+,66+,69+,70+,71+,72+/m1/s1. The largest absolute Gasteiger partial charge is 0.508 e. The third kappa shape index (κ3) is 31.0. The fourth-order valence-corrected chi connectivity index (χ4v) is 13.6. The highest BCUT2D eigenvalue weighted by atomic mass is 16.4. The molecule has 0 fully saturated rings. The number of carboxylic acid groups (broad SMARTS) is 2. The second kappa shape index (κ2) is 47.4. The van der Waals surface area contributed by atoms with Crippen molar-refractivity contribution in [3.05, 3.63) is 138 Å². The molecule has 6 rings (SSSR count). The van der Waals surface area contributed by atoms with Crippen molar-refractivity contribution in [2.24, 2.45) is 29.4 Å². The maximum atomic E-state index is 15.0. The lowest BCUT2D eigenvalue weighted by Gasteiger charge is -2.29. The molecule has 0 radical (unpaired) electrons. The van der Waals surface area contributed by atoms with Gasteiger partial charge in [0.1, 0.15) is 84.3 Å². The number of hydrogen-bond acceptors (Lipinski definition) is 20. The number of para-hydroxylation sites is 2. The van der Waals surface area contributed by atoms with Crippen LogP contribution in [0.15, 0.2) is 116 Å². The lowest BCUT2D eigenvalue weighted by Crippen LogP contribution is -2.63. The maximum Gasteiger partial charge on any atom is 0.303 e. The summed E-state index contributed by atoms with van der Waals surface area (Å²) < 4.78 is 0. The number of nitrogens with one attached hydrogen (secondary N) is 15. The van der Waals surface area contributed by atoms with Crippen LogP contribution >= 0.6 is 0 Å². The Labute approximate surface area is 710 Å². The smallest absolute Gasteiger partial charge is 0.303 e. The molecule has 15 atom stereocenters. The number of aliphatic carboxylic acids is 2. The van der Waals surface area contributed by atoms with Crippen molar-refractivity contribution in [3.8, 4) is 5.75 Å². The van der Waals surface area contributed by atoms with Gasteiger partial charge in [-0.05, 0) is 110 Å². The van der Waals surface area contributed by atoms with Gasteiger partial charge in [-0.15, -0.1) is 0 Å². The number of fused-ring (bicyclic) bond motifs is 2. The van der Waals surface area contributed by atoms with Crippen molar-refractivity contribution in [1.82, 2.24) is 79.1 Å². The number of aromatic hydroxyl groups is 1. The summed E-state index contributed by atoms with van der Waals surface area (Å²) in [5.41, 5.74) is 8.73. The Morgan fingerprint density at radius 3 is 1.05 bits per heavy atom. The van der Waals surface area contributed by atoms with Gasteiger partial charge in [-0.1, -0.05) is 134 Å². The highest BCUT2D eigenvalue weighted by Crippen LogP contribution is 2.23. The van der Waals surface area contributed by atoms with Gasteiger partial charge in [0, 0.05) is 79.6 Å². The molecular weight excluding hydrogens is 1600 g/mol. The van der Waals surface area contributed by atoms with Crippen molar-refractivity contribution in [1.29, 1.82) is 0 Å². The Bertz CT molecular complexity index is 4680. The Balaban J connectivity index is 1.27. The summed E-state index contributed by atoms with van der Waals surface area (Å²) >= 11 is 0. The molecule has 668 valence electrons. The van der Waals surface area contributed by atoms with Gasteiger partial charge >= 0.3 is 11.9 Å². The summed E-state index contributed by atoms with van der Waals surface area (Å²) in [6, 6.07) is 6.24. The zero-order valence-electron chi connectivity index (χ0n) is 70.5. The first kappa shape index (κ1) is 99.0. The monoisotopic (exact) mass is 1710 g/mol. The average Bonchev–Trinajstić information content (AvgIpc) is 1.65. The van der Waals surface area contributed by atoms with E-state index in [1.807, 2.05) is 12.1 Å². The number of benzene rings is 4. The van der Waals surface area contributed by atoms with Crippen molar-refractivity contribution < 1.29 is 107 Å². The average molecular weight is 1710 g/mol. The zero-order valence-corrected chi connectivity index (χ0v) is 70.5. The number of nitrogens with two attached hydrogens (primary N) is 1. The molecule has 0 aliphatic heterocycles. The SMILES string of the molecule is CC(=O)N[C@H](C(=O)N[C@H](C(=O)N[C@@H](Cc1ccccc1)C(=O)N[C@H](C(=O)N[C@@H](CO)C(=O)N[C@@H](Cc1c[nH]c2ccccc12)C(=O)N[C@@H](CCC(=O)O)C(=O)N[C@@H](CCC(=O)O)C(=O)N[C@@H](Cc1ccc(O)cc1)C(=O)N[C@@H](CC(C)C)C(=O)N[C@@H](CC(C)C)C(=O)N[C@@H](Cc1c[nH]c2ccccc12)C(=O)N[C@H](C(N)=O)C(C)C)[C@@H](C)O)C(C)C)[C@@H](C)O. The molecule has 38 heteroatoms. The molecule has 14 amide bonds. The Kier molecular flexibility index (Phi) is 38.1. The first-order valence-corrected chi connectivity index (χ1v) is 40.6. The Morgan fingerprint density at radius 1 is 0.350 bits per heavy atom. The molecule has 4 aromatic carbocycles. The van der Waals surface area contributed by atoms with Crippen molar-refractivity contribution in [3.63, 3.8) is 0 Å². The van der Waals surface area contributed by atoms with Gasteiger partial charge in [0.05, 0.1) is 18.8 Å². The number of phenols is 1. The predicted octanol–water partition coefficient (Wildman–Crippen LogP) is -0.679. The molecule has 0 unspecified atom stereocenters. The molecule has 23 N–H and O–H groups in total. The highest BCUT2D eigenvalue weighted by molar-refractivity contribution is 6.01. The molecule has 0 spiro atoms. The normalized spacial score (nSPS) is 15.1. The van der Waals surface area contributed by atoms with Crippen LogP contribution in [-0.4, -0.2) is 233 Å². The van der Waals surface area contributed by atoms with Gasteiger partial charge < -0.3 is 115 Å². The quantitative estimate of drug-likeness (QED) is 0.0225. The maximum absolute atomic E-state index is 15.0. The van der Waals surface area contributed by atoms with E-state index in [-0.39, 0.29) is 43.3 Å². The van der Waals surface area contributed by atoms with Gasteiger partial charge in [-0.3, -0.25) is 76.7 Å². The van der Waals surface area contributed by atoms with Gasteiger partial charge in [0.2, 0.25) is 82.7 Å². The lowest BCUT2D eigenvalue weighted by molar-refractivity contribution is -0.140. The molecule has 6 aromatic rings. The fourth-order valence-electron chi connectivity index (χ4n) is 13.6. The van der Waals surface area contributed by atoms with Crippen LogP contribution in [0.1, 0.15) is 137 Å². The minimum atomic E-state index is -2.02. The minimum absolute atomic E-state index is 0.00885. The number of rotatable bonds is 49. The van der Waals surface area contributed by atoms with E-state index in [4.69, 9.17) is 5.73 Å². The zero-order chi connectivity index (χ0) is 91.2. The summed E-state index contributed by atoms with van der Waals surface area (Å²) in [5, 5.41) is 96.4. The second-order valence-electron chi connectivity index (χ2n) is 32.1. The fraction of sp³-hybridized carbons (Fsp3) is 0.482. The molecule has 0 saturated heterocycles. The molecule has 38 nitrogen and oxygen atoms in total. The van der Waals surface area contributed by atoms with Crippen LogP contribution in [0, 0.1) is 23.7 Å². The summed E-state index contributed by atoms with van der Waals surface area (Å²) in [6.07, 6.45) is -4.49. The number of carbonyl (C=O) groups excluding carboxylic acids is 14. The Hall–Kier alpha value is -12.8. The van der Waals surface area contributed by atoms with Crippen molar-refractivity contribution >= 4 is 116 Å². The van der Waals surface area contributed by atoms with Gasteiger partial charge in [-0.25, -0.2) is 0 Å². The highest BCUT2D eigenvalue weighted by Gasteiger charge is 2.40. The van der Waals surface area contributed by atoms with Crippen molar-refractivity contribution in [2.45, 2.75) is 231 Å². The molecule has 0 aliphatic carbocycles. The number of phenolic OH excluding ortho intramolecular Hbond substituents is 1. The number of carboxylic acids is 2. The van der Waals surface area contributed by atoms with E-state index in [0.29, 0.717) is 33.2 Å². The first-order chi connectivity index (χ1) is 58.0. The molecule has 2 aromatic heterocycles. The van der Waals surface area contributed by atoms with Crippen LogP contribution in [0.3, 0.4) is 0 Å². The van der Waals surface area contributed by atoms with E-state index < -0.39 is 242 Å². The first-order valence-electron chi connectivity index (χ1n) is 40.6. The van der Waals surface area contributed by atoms with E-state index in [1.54, 1.807) is 128 Å². The lowest BCUT2D eigenvalue weighted by atomic mass is 9.98. The number of hydrogen-bond donors (Lipinski definition) is 22. The van der Waals surface area contributed by atoms with Crippen LogP contribution in [0.4, 0.5) is 0 Å². The van der Waals surface area contributed by atoms with Gasteiger partial charge in [0.15, 0.2) is 0 Å². The number of aromatic nitrogens is 2. The van der Waals surface area contributed by atoms with Crippen LogP contribution in [0.25, 0.3) is 21.8 Å². The number of H-pyrrole nitrogens is 2. The molecule has 2 heterocycles. The predicted molar refractivity (Wildman–Crippen MR) is 449 cm³/mol. The molecule has 123 heavy (non-hydrogen) atoms. The molecule has 0 aliphatic rings. The third-order valence-electron chi connectivity index (χ3n) is 20.1. The van der Waals surface area contributed by atoms with Crippen LogP contribution in [-0.2, 0) is 102 Å². The summed E-state index contributed by atoms with van der Waals surface area (Å²) in [5.74, 6) is -19.2. The van der Waals surface area contributed by atoms with Crippen molar-refractivity contribution in [2.75, 3.05) is 6.61 Å². The van der Waals surface area contributed by atoms with E-state index >= 15 is 4.79 Å². The third-order valence-corrected chi connectivity index (χ3v) is 20.1. The Morgan fingerprint density at radius 2 is 0.659 bits per heavy atom. The number of amides is 14. The minimum Gasteiger partial charge on any atom is -0.508 e. The van der Waals surface area contributed by atoms with Crippen LogP contribution in [0.2, 0.25) is 0 Å². The number of aliphatic hydroxyl groups is 3. The van der Waals surface area contributed by atoms with Crippen LogP contribution < -0.4 is 74.9 Å². The van der Waals surface area contributed by atoms with Gasteiger partial charge in [-0.2, -0.15) is 0 Å². The summed E-state index contributed by atoms with van der Waals surface area (Å²) in [6.45, 7) is 15.7. The van der Waals surface area contributed by atoms with E-state index in [9.17, 15) is 103 Å². The number of aliphatic hydroxyl groups excluding tert-OH is 3. The second-order valence-corrected chi connectivity index (χ2v) is 32.1. The topological polar surface area (TPSA) is 608 Å². The molecular formula is C85H116N16O22. The van der Waals surface area contributed by atoms with E-state index in [0.717, 1.165) is 24.8 Å². The molecule has 0 saturated carbocycles. The van der Waals surface area contributed by atoms with E-state index in [1.165, 1.54) is 37.4 Å². The van der Waals surface area contributed by atoms with Gasteiger partial charge in [0.25, 0.3) is 0 Å². The van der Waals surface area contributed by atoms with Crippen LogP contribution in [0.5, 0.6) is 5.75 Å².